The molecule has 3 heterocycles. The monoisotopic (exact) mass is 355 g/mol. The molecule has 1 fully saturated rings. The molecule has 3 aromatic heterocycles. The molecule has 0 aromatic carbocycles. The van der Waals surface area contributed by atoms with E-state index in [9.17, 15) is 4.79 Å². The van der Waals surface area contributed by atoms with Crippen molar-refractivity contribution in [3.8, 4) is 0 Å². The second-order valence-electron chi connectivity index (χ2n) is 7.05. The third-order valence-corrected chi connectivity index (χ3v) is 4.78. The van der Waals surface area contributed by atoms with Crippen LogP contribution in [0.3, 0.4) is 0 Å². The summed E-state index contributed by atoms with van der Waals surface area (Å²) in [5.74, 6) is 2.07. The number of aromatic nitrogens is 3. The second kappa shape index (κ2) is 5.82. The lowest BCUT2D eigenvalue weighted by molar-refractivity contribution is 0.0947. The number of hydrogen-bond acceptors (Lipinski definition) is 7. The van der Waals surface area contributed by atoms with E-state index in [0.29, 0.717) is 34.1 Å². The molecule has 0 saturated heterocycles. The van der Waals surface area contributed by atoms with Gasteiger partial charge in [0, 0.05) is 5.54 Å². The smallest absolute Gasteiger partial charge is 0.256 e. The zero-order valence-corrected chi connectivity index (χ0v) is 15.3. The molecule has 0 bridgehead atoms. The Balaban J connectivity index is 1.64. The van der Waals surface area contributed by atoms with Gasteiger partial charge in [-0.25, -0.2) is 15.0 Å². The zero-order valence-electron chi connectivity index (χ0n) is 15.3. The van der Waals surface area contributed by atoms with Crippen molar-refractivity contribution in [3.05, 3.63) is 35.0 Å². The third-order valence-electron chi connectivity index (χ3n) is 4.78. The molecule has 0 spiro atoms. The van der Waals surface area contributed by atoms with Crippen molar-refractivity contribution < 1.29 is 13.6 Å². The average Bonchev–Trinajstić information content (AvgIpc) is 3.06. The minimum atomic E-state index is -0.270. The fraction of sp³-hybridized carbons (Fsp3) is 0.444. The van der Waals surface area contributed by atoms with Gasteiger partial charge >= 0.3 is 0 Å². The topological polar surface area (TPSA) is 106 Å². The maximum atomic E-state index is 12.8. The summed E-state index contributed by atoms with van der Waals surface area (Å²) in [5, 5.41) is 6.86. The second-order valence-corrected chi connectivity index (χ2v) is 7.05. The first kappa shape index (κ1) is 16.6. The summed E-state index contributed by atoms with van der Waals surface area (Å²) in [7, 11) is 0. The summed E-state index contributed by atoms with van der Waals surface area (Å²) in [6.45, 7) is 7.79. The van der Waals surface area contributed by atoms with E-state index < -0.39 is 0 Å². The van der Waals surface area contributed by atoms with Gasteiger partial charge in [0.15, 0.2) is 0 Å². The Hall–Kier alpha value is -2.90. The van der Waals surface area contributed by atoms with E-state index >= 15 is 0 Å². The summed E-state index contributed by atoms with van der Waals surface area (Å²) in [6.07, 6.45) is 3.58. The van der Waals surface area contributed by atoms with Crippen LogP contribution in [0.25, 0.3) is 11.1 Å². The Labute approximate surface area is 150 Å². The van der Waals surface area contributed by atoms with Crippen molar-refractivity contribution in [1.82, 2.24) is 20.3 Å². The van der Waals surface area contributed by atoms with Gasteiger partial charge in [-0.2, -0.15) is 0 Å². The molecule has 136 valence electrons. The molecule has 0 atom stereocenters. The van der Waals surface area contributed by atoms with Gasteiger partial charge in [-0.3, -0.25) is 4.79 Å². The van der Waals surface area contributed by atoms with Crippen LogP contribution < -0.4 is 10.6 Å². The molecule has 8 heteroatoms. The number of furan rings is 1. The van der Waals surface area contributed by atoms with E-state index in [-0.39, 0.29) is 18.0 Å². The molecule has 1 amide bonds. The SMILES string of the molecule is Cc1nc(CNC(=O)c2c(C)oc3ncnc(NC4(C)CC4)c23)oc1C. The largest absolute Gasteiger partial charge is 0.444 e. The first-order chi connectivity index (χ1) is 12.4. The Bertz CT molecular complexity index is 980. The first-order valence-electron chi connectivity index (χ1n) is 8.60. The van der Waals surface area contributed by atoms with E-state index in [4.69, 9.17) is 8.83 Å². The Kier molecular flexibility index (Phi) is 3.71. The van der Waals surface area contributed by atoms with Crippen LogP contribution in [0.5, 0.6) is 0 Å². The number of fused-ring (bicyclic) bond motifs is 1. The lowest BCUT2D eigenvalue weighted by Crippen LogP contribution is -2.24. The fourth-order valence-electron chi connectivity index (χ4n) is 2.87. The molecule has 1 aliphatic rings. The van der Waals surface area contributed by atoms with Crippen LogP contribution in [0.1, 0.15) is 53.2 Å². The van der Waals surface area contributed by atoms with Crippen molar-refractivity contribution >= 4 is 22.8 Å². The molecule has 1 aliphatic carbocycles. The van der Waals surface area contributed by atoms with Crippen molar-refractivity contribution in [2.45, 2.75) is 52.6 Å². The average molecular weight is 355 g/mol. The highest BCUT2D eigenvalue weighted by atomic mass is 16.4. The lowest BCUT2D eigenvalue weighted by atomic mass is 10.1. The molecular weight excluding hydrogens is 334 g/mol. The van der Waals surface area contributed by atoms with Crippen LogP contribution >= 0.6 is 0 Å². The predicted molar refractivity (Wildman–Crippen MR) is 94.9 cm³/mol. The molecule has 8 nitrogen and oxygen atoms in total. The third kappa shape index (κ3) is 2.91. The van der Waals surface area contributed by atoms with E-state index in [0.717, 1.165) is 24.3 Å². The molecule has 0 aliphatic heterocycles. The molecule has 3 aromatic rings. The Morgan fingerprint density at radius 1 is 1.19 bits per heavy atom. The molecule has 26 heavy (non-hydrogen) atoms. The number of anilines is 1. The van der Waals surface area contributed by atoms with Crippen LogP contribution in [0, 0.1) is 20.8 Å². The van der Waals surface area contributed by atoms with Gasteiger partial charge in [-0.15, -0.1) is 0 Å². The number of nitrogens with zero attached hydrogens (tertiary/aromatic N) is 3. The van der Waals surface area contributed by atoms with Crippen LogP contribution in [0.4, 0.5) is 5.82 Å². The van der Waals surface area contributed by atoms with Gasteiger partial charge in [0.05, 0.1) is 23.2 Å². The van der Waals surface area contributed by atoms with Crippen molar-refractivity contribution in [2.75, 3.05) is 5.32 Å². The number of rotatable bonds is 5. The number of hydrogen-bond donors (Lipinski definition) is 2. The van der Waals surface area contributed by atoms with Gasteiger partial charge in [-0.1, -0.05) is 0 Å². The van der Waals surface area contributed by atoms with Gasteiger partial charge in [-0.05, 0) is 40.5 Å². The zero-order chi connectivity index (χ0) is 18.5. The highest BCUT2D eigenvalue weighted by molar-refractivity contribution is 6.10. The summed E-state index contributed by atoms with van der Waals surface area (Å²) >= 11 is 0. The van der Waals surface area contributed by atoms with Crippen LogP contribution in [-0.4, -0.2) is 26.4 Å². The standard InChI is InChI=1S/C18H21N5O3/c1-9-10(2)25-12(22-9)7-19-16(24)13-11(3)26-17-14(13)15(20-8-21-17)23-18(4)5-6-18/h8H,5-7H2,1-4H3,(H,19,24)(H,20,21,23). The quantitative estimate of drug-likeness (QED) is 0.724. The van der Waals surface area contributed by atoms with E-state index in [1.54, 1.807) is 6.92 Å². The molecule has 0 radical (unpaired) electrons. The minimum Gasteiger partial charge on any atom is -0.444 e. The Morgan fingerprint density at radius 3 is 2.62 bits per heavy atom. The maximum Gasteiger partial charge on any atom is 0.256 e. The van der Waals surface area contributed by atoms with Gasteiger partial charge < -0.3 is 19.5 Å². The predicted octanol–water partition coefficient (Wildman–Crippen LogP) is 3.03. The van der Waals surface area contributed by atoms with Gasteiger partial charge in [0.25, 0.3) is 5.91 Å². The lowest BCUT2D eigenvalue weighted by Gasteiger charge is -2.13. The van der Waals surface area contributed by atoms with Crippen molar-refractivity contribution in [2.24, 2.45) is 0 Å². The fourth-order valence-corrected chi connectivity index (χ4v) is 2.87. The molecule has 2 N–H and O–H groups in total. The number of nitrogens with one attached hydrogen (secondary N) is 2. The van der Waals surface area contributed by atoms with Crippen molar-refractivity contribution in [1.29, 1.82) is 0 Å². The van der Waals surface area contributed by atoms with Crippen LogP contribution in [-0.2, 0) is 6.54 Å². The maximum absolute atomic E-state index is 12.8. The summed E-state index contributed by atoms with van der Waals surface area (Å²) < 4.78 is 11.2. The van der Waals surface area contributed by atoms with Crippen LogP contribution in [0.2, 0.25) is 0 Å². The highest BCUT2D eigenvalue weighted by Gasteiger charge is 2.38. The number of oxazole rings is 1. The first-order valence-corrected chi connectivity index (χ1v) is 8.60. The van der Waals surface area contributed by atoms with E-state index in [1.807, 2.05) is 13.8 Å². The van der Waals surface area contributed by atoms with Crippen LogP contribution in [0.15, 0.2) is 15.2 Å². The molecule has 1 saturated carbocycles. The summed E-state index contributed by atoms with van der Waals surface area (Å²) in [6, 6.07) is 0. The molecule has 4 rings (SSSR count). The van der Waals surface area contributed by atoms with Gasteiger partial charge in [0.2, 0.25) is 11.6 Å². The number of amides is 1. The normalized spacial score (nSPS) is 15.2. The molecular formula is C18H21N5O3. The Morgan fingerprint density at radius 2 is 1.96 bits per heavy atom. The number of carbonyl (C=O) groups excluding carboxylic acids is 1. The van der Waals surface area contributed by atoms with Crippen molar-refractivity contribution in [3.63, 3.8) is 0 Å². The van der Waals surface area contributed by atoms with Gasteiger partial charge in [0.1, 0.15) is 23.7 Å². The van der Waals surface area contributed by atoms with E-state index in [1.165, 1.54) is 6.33 Å². The summed E-state index contributed by atoms with van der Waals surface area (Å²) in [5.41, 5.74) is 1.68. The minimum absolute atomic E-state index is 0.0212. The highest BCUT2D eigenvalue weighted by Crippen LogP contribution is 2.40. The number of carbonyl (C=O) groups is 1. The number of aryl methyl sites for hydroxylation is 3. The van der Waals surface area contributed by atoms with E-state index in [2.05, 4.69) is 32.5 Å². The summed E-state index contributed by atoms with van der Waals surface area (Å²) in [4.78, 5) is 25.6. The molecule has 0 unspecified atom stereocenters.